The number of benzene rings is 1. The first-order valence-electron chi connectivity index (χ1n) is 9.43. The van der Waals surface area contributed by atoms with E-state index in [4.69, 9.17) is 5.73 Å². The third-order valence-corrected chi connectivity index (χ3v) is 5.09. The van der Waals surface area contributed by atoms with E-state index in [9.17, 15) is 9.59 Å². The van der Waals surface area contributed by atoms with Crippen LogP contribution in [0.2, 0.25) is 0 Å². The zero-order valence-electron chi connectivity index (χ0n) is 15.4. The molecule has 142 valence electrons. The van der Waals surface area contributed by atoms with Gasteiger partial charge in [-0.1, -0.05) is 24.6 Å². The fraction of sp³-hybridized carbons (Fsp3) is 0.381. The molecule has 0 bridgehead atoms. The van der Waals surface area contributed by atoms with Crippen molar-refractivity contribution in [1.82, 2.24) is 15.6 Å². The molecule has 6 heteroatoms. The molecular formula is C21H26N4O2. The van der Waals surface area contributed by atoms with Crippen LogP contribution in [-0.4, -0.2) is 23.3 Å². The van der Waals surface area contributed by atoms with Crippen molar-refractivity contribution in [2.75, 3.05) is 12.3 Å². The molecule has 1 aromatic heterocycles. The van der Waals surface area contributed by atoms with E-state index < -0.39 is 0 Å². The first-order chi connectivity index (χ1) is 13.1. The maximum Gasteiger partial charge on any atom is 0.315 e. The van der Waals surface area contributed by atoms with Gasteiger partial charge in [0, 0.05) is 48.9 Å². The largest absolute Gasteiger partial charge is 0.399 e. The highest BCUT2D eigenvalue weighted by atomic mass is 16.2. The molecule has 1 aromatic carbocycles. The number of nitrogens with one attached hydrogen (secondary N) is 2. The molecule has 0 radical (unpaired) electrons. The van der Waals surface area contributed by atoms with Gasteiger partial charge in [-0.3, -0.25) is 9.78 Å². The van der Waals surface area contributed by atoms with Gasteiger partial charge in [0.25, 0.3) is 0 Å². The van der Waals surface area contributed by atoms with Gasteiger partial charge < -0.3 is 16.4 Å². The average Bonchev–Trinajstić information content (AvgIpc) is 3.18. The van der Waals surface area contributed by atoms with E-state index in [0.29, 0.717) is 25.2 Å². The Balaban J connectivity index is 1.41. The highest BCUT2D eigenvalue weighted by Gasteiger charge is 2.34. The fourth-order valence-electron chi connectivity index (χ4n) is 3.66. The summed E-state index contributed by atoms with van der Waals surface area (Å²) in [5.74, 6) is 0.430. The van der Waals surface area contributed by atoms with E-state index in [2.05, 4.69) is 15.6 Å². The number of ketones is 1. The predicted molar refractivity (Wildman–Crippen MR) is 105 cm³/mol. The third kappa shape index (κ3) is 5.29. The first kappa shape index (κ1) is 18.9. The Kier molecular flexibility index (Phi) is 6.41. The second kappa shape index (κ2) is 9.16. The van der Waals surface area contributed by atoms with Crippen LogP contribution in [-0.2, 0) is 11.3 Å². The smallest absolute Gasteiger partial charge is 0.315 e. The van der Waals surface area contributed by atoms with Crippen LogP contribution in [0.3, 0.4) is 0 Å². The van der Waals surface area contributed by atoms with Crippen molar-refractivity contribution in [3.63, 3.8) is 0 Å². The second-order valence-electron chi connectivity index (χ2n) is 6.97. The van der Waals surface area contributed by atoms with E-state index in [1.165, 1.54) is 0 Å². The normalized spacial score (nSPS) is 18.8. The number of nitrogens with two attached hydrogens (primary N) is 1. The average molecular weight is 366 g/mol. The number of carbonyl (C=O) groups excluding carboxylic acids is 2. The molecule has 2 aromatic rings. The zero-order chi connectivity index (χ0) is 19.1. The van der Waals surface area contributed by atoms with E-state index in [-0.39, 0.29) is 23.7 Å². The van der Waals surface area contributed by atoms with Crippen molar-refractivity contribution in [2.45, 2.75) is 38.1 Å². The van der Waals surface area contributed by atoms with Gasteiger partial charge in [-0.2, -0.15) is 0 Å². The highest BCUT2D eigenvalue weighted by Crippen LogP contribution is 2.39. The SMILES string of the molecule is Nc1ccc(CNC(=O)NCCC(=O)C2CCCC2c2ccccn2)cc1. The molecule has 0 saturated heterocycles. The lowest BCUT2D eigenvalue weighted by Crippen LogP contribution is -2.36. The van der Waals surface area contributed by atoms with Gasteiger partial charge in [-0.15, -0.1) is 0 Å². The highest BCUT2D eigenvalue weighted by molar-refractivity contribution is 5.83. The maximum atomic E-state index is 12.6. The number of nitrogen functional groups attached to an aromatic ring is 1. The summed E-state index contributed by atoms with van der Waals surface area (Å²) in [6, 6.07) is 12.9. The van der Waals surface area contributed by atoms with Crippen LogP contribution in [0.25, 0.3) is 0 Å². The fourth-order valence-corrected chi connectivity index (χ4v) is 3.66. The second-order valence-corrected chi connectivity index (χ2v) is 6.97. The lowest BCUT2D eigenvalue weighted by atomic mass is 9.88. The van der Waals surface area contributed by atoms with Crippen LogP contribution in [0.5, 0.6) is 0 Å². The van der Waals surface area contributed by atoms with Crippen molar-refractivity contribution in [3.8, 4) is 0 Å². The maximum absolute atomic E-state index is 12.6. The molecule has 1 saturated carbocycles. The van der Waals surface area contributed by atoms with Crippen LogP contribution in [0.15, 0.2) is 48.7 Å². The Morgan fingerprint density at radius 3 is 2.63 bits per heavy atom. The minimum atomic E-state index is -0.271. The molecule has 2 atom stereocenters. The van der Waals surface area contributed by atoms with Crippen LogP contribution in [0.4, 0.5) is 10.5 Å². The summed E-state index contributed by atoms with van der Waals surface area (Å²) in [4.78, 5) is 28.9. The molecule has 2 unspecified atom stereocenters. The first-order valence-corrected chi connectivity index (χ1v) is 9.43. The Bertz CT molecular complexity index is 762. The quantitative estimate of drug-likeness (QED) is 0.656. The number of aromatic nitrogens is 1. The van der Waals surface area contributed by atoms with Crippen molar-refractivity contribution in [3.05, 3.63) is 59.9 Å². The van der Waals surface area contributed by atoms with Crippen LogP contribution >= 0.6 is 0 Å². The van der Waals surface area contributed by atoms with Crippen LogP contribution in [0, 0.1) is 5.92 Å². The summed E-state index contributed by atoms with van der Waals surface area (Å²) >= 11 is 0. The summed E-state index contributed by atoms with van der Waals surface area (Å²) < 4.78 is 0. The van der Waals surface area contributed by atoms with Crippen molar-refractivity contribution >= 4 is 17.5 Å². The Hall–Kier alpha value is -2.89. The molecule has 1 aliphatic rings. The minimum absolute atomic E-state index is 0.0135. The van der Waals surface area contributed by atoms with E-state index in [0.717, 1.165) is 30.5 Å². The zero-order valence-corrected chi connectivity index (χ0v) is 15.4. The lowest BCUT2D eigenvalue weighted by molar-refractivity contribution is -0.123. The van der Waals surface area contributed by atoms with E-state index >= 15 is 0 Å². The number of nitrogens with zero attached hydrogens (tertiary/aromatic N) is 1. The summed E-state index contributed by atoms with van der Waals surface area (Å²) in [5, 5.41) is 5.55. The molecule has 3 rings (SSSR count). The van der Waals surface area contributed by atoms with Gasteiger partial charge in [0.15, 0.2) is 0 Å². The summed E-state index contributed by atoms with van der Waals surface area (Å²) in [6.45, 7) is 0.766. The molecule has 1 heterocycles. The number of hydrogen-bond acceptors (Lipinski definition) is 4. The molecule has 1 aliphatic carbocycles. The number of amides is 2. The topological polar surface area (TPSA) is 97.1 Å². The standard InChI is InChI=1S/C21H26N4O2/c22-16-9-7-15(8-10-16)14-25-21(27)24-13-11-20(26)18-5-3-4-17(18)19-6-1-2-12-23-19/h1-2,6-10,12,17-18H,3-5,11,13-14,22H2,(H2,24,25,27). The van der Waals surface area contributed by atoms with Gasteiger partial charge in [-0.25, -0.2) is 4.79 Å². The summed E-state index contributed by atoms with van der Waals surface area (Å²) in [7, 11) is 0. The number of urea groups is 1. The molecule has 2 amide bonds. The number of rotatable bonds is 7. The van der Waals surface area contributed by atoms with E-state index in [1.54, 1.807) is 18.3 Å². The Labute approximate surface area is 159 Å². The van der Waals surface area contributed by atoms with Crippen molar-refractivity contribution < 1.29 is 9.59 Å². The molecule has 0 spiro atoms. The van der Waals surface area contributed by atoms with Crippen molar-refractivity contribution in [1.29, 1.82) is 0 Å². The monoisotopic (exact) mass is 366 g/mol. The Morgan fingerprint density at radius 2 is 1.89 bits per heavy atom. The summed E-state index contributed by atoms with van der Waals surface area (Å²) in [5.41, 5.74) is 8.31. The minimum Gasteiger partial charge on any atom is -0.399 e. The molecular weight excluding hydrogens is 340 g/mol. The van der Waals surface area contributed by atoms with Crippen LogP contribution in [0.1, 0.15) is 42.9 Å². The third-order valence-electron chi connectivity index (χ3n) is 5.09. The number of Topliss-reactive ketones (excluding diaryl/α,β-unsaturated/α-hetero) is 1. The number of pyridine rings is 1. The lowest BCUT2D eigenvalue weighted by Gasteiger charge is -2.18. The molecule has 1 fully saturated rings. The molecule has 6 nitrogen and oxygen atoms in total. The van der Waals surface area contributed by atoms with Gasteiger partial charge in [-0.05, 0) is 42.7 Å². The Morgan fingerprint density at radius 1 is 1.07 bits per heavy atom. The number of carbonyl (C=O) groups is 2. The van der Waals surface area contributed by atoms with E-state index in [1.807, 2.05) is 30.3 Å². The van der Waals surface area contributed by atoms with Crippen LogP contribution < -0.4 is 16.4 Å². The molecule has 4 N–H and O–H groups in total. The van der Waals surface area contributed by atoms with Gasteiger partial charge in [0.1, 0.15) is 5.78 Å². The van der Waals surface area contributed by atoms with Gasteiger partial charge in [0.05, 0.1) is 0 Å². The van der Waals surface area contributed by atoms with Crippen molar-refractivity contribution in [2.24, 2.45) is 5.92 Å². The predicted octanol–water partition coefficient (Wildman–Crippen LogP) is 3.01. The van der Waals surface area contributed by atoms with Gasteiger partial charge >= 0.3 is 6.03 Å². The number of hydrogen-bond donors (Lipinski definition) is 3. The van der Waals surface area contributed by atoms with Gasteiger partial charge in [0.2, 0.25) is 0 Å². The molecule has 27 heavy (non-hydrogen) atoms. The molecule has 0 aliphatic heterocycles. The summed E-state index contributed by atoms with van der Waals surface area (Å²) in [6.07, 6.45) is 5.09. The number of anilines is 1.